The van der Waals surface area contributed by atoms with E-state index in [0.29, 0.717) is 19.4 Å². The second-order valence-corrected chi connectivity index (χ2v) is 5.69. The number of rotatable bonds is 4. The third kappa shape index (κ3) is 3.25. The molecule has 9 nitrogen and oxygen atoms in total. The fraction of sp³-hybridized carbons (Fsp3) is 0.400. The Labute approximate surface area is 138 Å². The van der Waals surface area contributed by atoms with Gasteiger partial charge in [0.05, 0.1) is 6.04 Å². The number of hydrogen-bond donors (Lipinski definition) is 3. The molecule has 2 heterocycles. The van der Waals surface area contributed by atoms with Crippen molar-refractivity contribution < 1.29 is 24.3 Å². The molecule has 2 fully saturated rings. The molecular weight excluding hydrogens is 316 g/mol. The minimum atomic E-state index is -1.36. The van der Waals surface area contributed by atoms with Gasteiger partial charge in [-0.25, -0.2) is 15.0 Å². The second kappa shape index (κ2) is 6.75. The highest BCUT2D eigenvalue weighted by Gasteiger charge is 2.47. The highest BCUT2D eigenvalue weighted by atomic mass is 16.7. The van der Waals surface area contributed by atoms with Crippen molar-refractivity contribution in [2.24, 2.45) is 0 Å². The van der Waals surface area contributed by atoms with Gasteiger partial charge in [0, 0.05) is 6.54 Å². The van der Waals surface area contributed by atoms with Gasteiger partial charge in [-0.05, 0) is 18.4 Å². The summed E-state index contributed by atoms with van der Waals surface area (Å²) in [6.07, 6.45) is -0.297. The Morgan fingerprint density at radius 1 is 1.21 bits per heavy atom. The van der Waals surface area contributed by atoms with E-state index in [2.05, 4.69) is 5.43 Å². The SMILES string of the molecule is O=C(O)NNC(=O)[C@@H]1CC[C@@H]2CN1C(=O)N2OCc1ccccc1. The highest BCUT2D eigenvalue weighted by Crippen LogP contribution is 2.30. The van der Waals surface area contributed by atoms with Crippen molar-refractivity contribution in [2.75, 3.05) is 6.54 Å². The summed E-state index contributed by atoms with van der Waals surface area (Å²) in [6.45, 7) is 0.660. The van der Waals surface area contributed by atoms with E-state index in [1.165, 1.54) is 9.96 Å². The minimum Gasteiger partial charge on any atom is -0.464 e. The lowest BCUT2D eigenvalue weighted by molar-refractivity contribution is -0.140. The fourth-order valence-electron chi connectivity index (χ4n) is 2.99. The summed E-state index contributed by atoms with van der Waals surface area (Å²) >= 11 is 0. The van der Waals surface area contributed by atoms with Crippen LogP contribution in [0.4, 0.5) is 9.59 Å². The van der Waals surface area contributed by atoms with E-state index in [9.17, 15) is 14.4 Å². The molecule has 2 aliphatic rings. The number of nitrogens with zero attached hydrogens (tertiary/aromatic N) is 2. The van der Waals surface area contributed by atoms with Crippen LogP contribution in [0.2, 0.25) is 0 Å². The van der Waals surface area contributed by atoms with Gasteiger partial charge < -0.3 is 10.0 Å². The van der Waals surface area contributed by atoms with Crippen LogP contribution in [0.5, 0.6) is 0 Å². The van der Waals surface area contributed by atoms with Crippen LogP contribution in [-0.2, 0) is 16.2 Å². The van der Waals surface area contributed by atoms with Crippen LogP contribution in [-0.4, -0.2) is 51.7 Å². The molecule has 2 saturated heterocycles. The van der Waals surface area contributed by atoms with Crippen LogP contribution in [0, 0.1) is 0 Å². The Balaban J connectivity index is 1.60. The van der Waals surface area contributed by atoms with Crippen molar-refractivity contribution in [3.63, 3.8) is 0 Å². The molecule has 0 saturated carbocycles. The molecule has 3 N–H and O–H groups in total. The number of hydrazine groups is 1. The van der Waals surface area contributed by atoms with E-state index in [0.717, 1.165) is 5.56 Å². The molecule has 0 unspecified atom stereocenters. The topological polar surface area (TPSA) is 111 Å². The maximum absolute atomic E-state index is 12.5. The molecule has 9 heteroatoms. The maximum atomic E-state index is 12.5. The van der Waals surface area contributed by atoms with Crippen LogP contribution in [0.3, 0.4) is 0 Å². The summed E-state index contributed by atoms with van der Waals surface area (Å²) in [5.41, 5.74) is 4.84. The Hall–Kier alpha value is -2.81. The van der Waals surface area contributed by atoms with Crippen molar-refractivity contribution in [2.45, 2.75) is 31.5 Å². The minimum absolute atomic E-state index is 0.0994. The molecule has 0 radical (unpaired) electrons. The lowest BCUT2D eigenvalue weighted by Gasteiger charge is -2.28. The largest absolute Gasteiger partial charge is 0.464 e. The van der Waals surface area contributed by atoms with E-state index in [-0.39, 0.29) is 18.7 Å². The Morgan fingerprint density at radius 2 is 1.96 bits per heavy atom. The third-order valence-electron chi connectivity index (χ3n) is 4.13. The molecule has 2 atom stereocenters. The van der Waals surface area contributed by atoms with Crippen molar-refractivity contribution in [1.29, 1.82) is 0 Å². The number of nitrogens with one attached hydrogen (secondary N) is 2. The van der Waals surface area contributed by atoms with E-state index >= 15 is 0 Å². The number of urea groups is 1. The van der Waals surface area contributed by atoms with Gasteiger partial charge in [-0.15, -0.1) is 0 Å². The van der Waals surface area contributed by atoms with Crippen LogP contribution >= 0.6 is 0 Å². The number of benzene rings is 1. The van der Waals surface area contributed by atoms with Crippen LogP contribution in [0.1, 0.15) is 18.4 Å². The predicted octanol–water partition coefficient (Wildman–Crippen LogP) is 0.686. The third-order valence-corrected chi connectivity index (χ3v) is 4.13. The van der Waals surface area contributed by atoms with Crippen molar-refractivity contribution in [3.8, 4) is 0 Å². The zero-order valence-electron chi connectivity index (χ0n) is 12.8. The summed E-state index contributed by atoms with van der Waals surface area (Å²) in [6, 6.07) is 8.32. The molecular formula is C15H18N4O5. The first kappa shape index (κ1) is 16.1. The number of carbonyl (C=O) groups is 3. The molecule has 2 bridgehead atoms. The van der Waals surface area contributed by atoms with Gasteiger partial charge in [0.15, 0.2) is 0 Å². The first-order valence-corrected chi connectivity index (χ1v) is 7.61. The lowest BCUT2D eigenvalue weighted by atomic mass is 10.0. The van der Waals surface area contributed by atoms with Gasteiger partial charge in [-0.3, -0.25) is 15.1 Å². The van der Waals surface area contributed by atoms with Gasteiger partial charge in [0.25, 0.3) is 5.91 Å². The molecule has 0 aliphatic carbocycles. The monoisotopic (exact) mass is 334 g/mol. The molecule has 4 amide bonds. The predicted molar refractivity (Wildman–Crippen MR) is 81.3 cm³/mol. The summed E-state index contributed by atoms with van der Waals surface area (Å²) < 4.78 is 0. The highest BCUT2D eigenvalue weighted by molar-refractivity contribution is 5.89. The number of carbonyl (C=O) groups excluding carboxylic acids is 2. The van der Waals surface area contributed by atoms with E-state index < -0.39 is 18.0 Å². The first-order chi connectivity index (χ1) is 11.6. The normalized spacial score (nSPS) is 22.4. The molecule has 1 aromatic rings. The molecule has 3 rings (SSSR count). The smallest absolute Gasteiger partial charge is 0.423 e. The molecule has 1 aromatic carbocycles. The molecule has 2 aliphatic heterocycles. The number of fused-ring (bicyclic) bond motifs is 2. The Kier molecular flexibility index (Phi) is 4.52. The van der Waals surface area contributed by atoms with Gasteiger partial charge in [-0.1, -0.05) is 30.3 Å². The summed E-state index contributed by atoms with van der Waals surface area (Å²) in [7, 11) is 0. The van der Waals surface area contributed by atoms with Gasteiger partial charge in [0.2, 0.25) is 0 Å². The van der Waals surface area contributed by atoms with Gasteiger partial charge in [-0.2, -0.15) is 5.06 Å². The molecule has 128 valence electrons. The number of hydrogen-bond acceptors (Lipinski definition) is 4. The van der Waals surface area contributed by atoms with E-state index in [1.54, 1.807) is 0 Å². The Bertz CT molecular complexity index is 638. The Morgan fingerprint density at radius 3 is 2.67 bits per heavy atom. The number of hydroxylamine groups is 2. The van der Waals surface area contributed by atoms with Crippen LogP contribution in [0.25, 0.3) is 0 Å². The van der Waals surface area contributed by atoms with Crippen molar-refractivity contribution in [3.05, 3.63) is 35.9 Å². The molecule has 24 heavy (non-hydrogen) atoms. The quantitative estimate of drug-likeness (QED) is 0.701. The molecule has 0 aromatic heterocycles. The standard InChI is InChI=1S/C15H18N4O5/c20-13(16-17-14(21)22)12-7-6-11-8-18(12)15(23)19(11)24-9-10-4-2-1-3-5-10/h1-5,11-12,17H,6-9H2,(H,16,20)(H,21,22)/t11-,12+/m1/s1. The van der Waals surface area contributed by atoms with Gasteiger partial charge >= 0.3 is 12.1 Å². The lowest BCUT2D eigenvalue weighted by Crippen LogP contribution is -2.53. The van der Waals surface area contributed by atoms with Gasteiger partial charge in [0.1, 0.15) is 12.6 Å². The summed E-state index contributed by atoms with van der Waals surface area (Å²) in [4.78, 5) is 42.0. The summed E-state index contributed by atoms with van der Waals surface area (Å²) in [5, 5.41) is 9.85. The van der Waals surface area contributed by atoms with Crippen LogP contribution in [0.15, 0.2) is 30.3 Å². The average molecular weight is 334 g/mol. The zero-order valence-corrected chi connectivity index (χ0v) is 12.8. The van der Waals surface area contributed by atoms with Crippen molar-refractivity contribution >= 4 is 18.0 Å². The molecule has 0 spiro atoms. The van der Waals surface area contributed by atoms with E-state index in [4.69, 9.17) is 9.94 Å². The number of carboxylic acid groups (broad SMARTS) is 1. The summed E-state index contributed by atoms with van der Waals surface area (Å²) in [5.74, 6) is -0.547. The second-order valence-electron chi connectivity index (χ2n) is 5.69. The zero-order chi connectivity index (χ0) is 17.1. The number of amides is 4. The van der Waals surface area contributed by atoms with Crippen LogP contribution < -0.4 is 10.9 Å². The van der Waals surface area contributed by atoms with Crippen molar-refractivity contribution in [1.82, 2.24) is 20.8 Å². The maximum Gasteiger partial charge on any atom is 0.423 e. The fourth-order valence-corrected chi connectivity index (χ4v) is 2.99. The van der Waals surface area contributed by atoms with E-state index in [1.807, 2.05) is 35.8 Å². The number of piperidine rings is 1. The average Bonchev–Trinajstić information content (AvgIpc) is 2.83. The first-order valence-electron chi connectivity index (χ1n) is 7.61.